The molecule has 9 nitrogen and oxygen atoms in total. The van der Waals surface area contributed by atoms with Gasteiger partial charge >= 0.3 is 6.03 Å². The van der Waals surface area contributed by atoms with Gasteiger partial charge in [0.05, 0.1) is 11.8 Å². The van der Waals surface area contributed by atoms with Crippen LogP contribution in [0.2, 0.25) is 0 Å². The quantitative estimate of drug-likeness (QED) is 0.823. The highest BCUT2D eigenvalue weighted by Gasteiger charge is 2.33. The number of hydrogen-bond donors (Lipinski definition) is 2. The first-order valence-corrected chi connectivity index (χ1v) is 8.65. The van der Waals surface area contributed by atoms with Crippen molar-refractivity contribution in [3.63, 3.8) is 0 Å². The van der Waals surface area contributed by atoms with Gasteiger partial charge in [-0.2, -0.15) is 5.10 Å². The molecule has 140 valence electrons. The van der Waals surface area contributed by atoms with Crippen LogP contribution in [0.25, 0.3) is 5.65 Å². The standard InChI is InChI=1S/C17H24N6O3/c1-21(2)16(25)19-12-17(26)5-3-8-22(10-6-17)15(24)13-11-20-23-9-4-7-18-14(13)23/h4,7,9,11,26H,3,5-6,8,10,12H2,1-2H3,(H,19,25)/t17-/m0/s1. The van der Waals surface area contributed by atoms with E-state index in [0.717, 1.165) is 0 Å². The number of aromatic nitrogens is 3. The van der Waals surface area contributed by atoms with E-state index < -0.39 is 5.60 Å². The smallest absolute Gasteiger partial charge is 0.316 e. The molecule has 0 radical (unpaired) electrons. The summed E-state index contributed by atoms with van der Waals surface area (Å²) in [5.74, 6) is -0.139. The lowest BCUT2D eigenvalue weighted by molar-refractivity contribution is 0.0272. The summed E-state index contributed by atoms with van der Waals surface area (Å²) in [5, 5.41) is 17.7. The molecule has 0 unspecified atom stereocenters. The molecular formula is C17H24N6O3. The summed E-state index contributed by atoms with van der Waals surface area (Å²) < 4.78 is 1.57. The Kier molecular flexibility index (Phi) is 5.08. The van der Waals surface area contributed by atoms with Gasteiger partial charge in [-0.05, 0) is 25.3 Å². The van der Waals surface area contributed by atoms with Crippen molar-refractivity contribution >= 4 is 17.6 Å². The van der Waals surface area contributed by atoms with Crippen LogP contribution >= 0.6 is 0 Å². The molecule has 0 bridgehead atoms. The third-order valence-electron chi connectivity index (χ3n) is 4.69. The van der Waals surface area contributed by atoms with Crippen molar-refractivity contribution in [2.24, 2.45) is 0 Å². The van der Waals surface area contributed by atoms with Crippen LogP contribution < -0.4 is 5.32 Å². The Morgan fingerprint density at radius 1 is 1.35 bits per heavy atom. The Morgan fingerprint density at radius 2 is 2.15 bits per heavy atom. The highest BCUT2D eigenvalue weighted by Crippen LogP contribution is 2.23. The minimum Gasteiger partial charge on any atom is -0.388 e. The second-order valence-corrected chi connectivity index (χ2v) is 6.87. The number of carbonyl (C=O) groups is 2. The summed E-state index contributed by atoms with van der Waals surface area (Å²) in [6.07, 6.45) is 6.48. The van der Waals surface area contributed by atoms with Gasteiger partial charge in [0.1, 0.15) is 5.56 Å². The molecule has 0 spiro atoms. The van der Waals surface area contributed by atoms with Crippen LogP contribution in [0.5, 0.6) is 0 Å². The number of aliphatic hydroxyl groups is 1. The van der Waals surface area contributed by atoms with E-state index in [1.807, 2.05) is 0 Å². The maximum Gasteiger partial charge on any atom is 0.316 e. The van der Waals surface area contributed by atoms with E-state index in [2.05, 4.69) is 15.4 Å². The van der Waals surface area contributed by atoms with Crippen molar-refractivity contribution in [3.8, 4) is 0 Å². The fraction of sp³-hybridized carbons (Fsp3) is 0.529. The summed E-state index contributed by atoms with van der Waals surface area (Å²) in [5.41, 5.74) is -0.0350. The minimum absolute atomic E-state index is 0.139. The Bertz CT molecular complexity index is 805. The van der Waals surface area contributed by atoms with Crippen molar-refractivity contribution in [1.29, 1.82) is 0 Å². The SMILES string of the molecule is CN(C)C(=O)NC[C@]1(O)CCCN(C(=O)c2cnn3cccnc23)CC1. The molecule has 1 atom stereocenters. The molecule has 2 N–H and O–H groups in total. The number of urea groups is 1. The van der Waals surface area contributed by atoms with Crippen LogP contribution in [0.3, 0.4) is 0 Å². The average molecular weight is 360 g/mol. The van der Waals surface area contributed by atoms with E-state index >= 15 is 0 Å². The predicted octanol–water partition coefficient (Wildman–Crippen LogP) is 0.358. The maximum atomic E-state index is 12.9. The second-order valence-electron chi connectivity index (χ2n) is 6.87. The Balaban J connectivity index is 1.66. The predicted molar refractivity (Wildman–Crippen MR) is 94.8 cm³/mol. The van der Waals surface area contributed by atoms with Gasteiger partial charge in [0, 0.05) is 46.1 Å². The maximum absolute atomic E-state index is 12.9. The summed E-state index contributed by atoms with van der Waals surface area (Å²) in [4.78, 5) is 31.9. The molecule has 1 aliphatic rings. The zero-order valence-corrected chi connectivity index (χ0v) is 15.1. The molecule has 1 saturated heterocycles. The van der Waals surface area contributed by atoms with Crippen molar-refractivity contribution in [2.45, 2.75) is 24.9 Å². The van der Waals surface area contributed by atoms with Gasteiger partial charge in [0.25, 0.3) is 5.91 Å². The Morgan fingerprint density at radius 3 is 2.92 bits per heavy atom. The van der Waals surface area contributed by atoms with E-state index in [1.54, 1.807) is 42.0 Å². The number of carbonyl (C=O) groups excluding carboxylic acids is 2. The zero-order valence-electron chi connectivity index (χ0n) is 15.1. The Labute approximate surface area is 151 Å². The topological polar surface area (TPSA) is 103 Å². The van der Waals surface area contributed by atoms with Gasteiger partial charge < -0.3 is 20.2 Å². The van der Waals surface area contributed by atoms with Gasteiger partial charge in [-0.15, -0.1) is 0 Å². The third-order valence-corrected chi connectivity index (χ3v) is 4.69. The molecule has 2 aromatic heterocycles. The van der Waals surface area contributed by atoms with E-state index in [-0.39, 0.29) is 18.5 Å². The number of fused-ring (bicyclic) bond motifs is 1. The molecule has 0 saturated carbocycles. The highest BCUT2D eigenvalue weighted by atomic mass is 16.3. The van der Waals surface area contributed by atoms with Crippen molar-refractivity contribution in [1.82, 2.24) is 29.7 Å². The van der Waals surface area contributed by atoms with E-state index in [1.165, 1.54) is 11.1 Å². The first kappa shape index (κ1) is 18.1. The minimum atomic E-state index is -1.01. The van der Waals surface area contributed by atoms with Gasteiger partial charge in [-0.1, -0.05) is 0 Å². The molecule has 3 rings (SSSR count). The first-order valence-electron chi connectivity index (χ1n) is 8.65. The summed E-state index contributed by atoms with van der Waals surface area (Å²) in [7, 11) is 3.30. The number of likely N-dealkylation sites (tertiary alicyclic amines) is 1. The first-order chi connectivity index (χ1) is 12.4. The lowest BCUT2D eigenvalue weighted by Gasteiger charge is -2.28. The summed E-state index contributed by atoms with van der Waals surface area (Å²) >= 11 is 0. The molecular weight excluding hydrogens is 336 g/mol. The lowest BCUT2D eigenvalue weighted by Crippen LogP contribution is -2.46. The van der Waals surface area contributed by atoms with Crippen molar-refractivity contribution in [2.75, 3.05) is 33.7 Å². The molecule has 9 heteroatoms. The zero-order chi connectivity index (χ0) is 18.7. The molecule has 26 heavy (non-hydrogen) atoms. The molecule has 0 aromatic carbocycles. The van der Waals surface area contributed by atoms with E-state index in [0.29, 0.717) is 43.6 Å². The molecule has 1 aliphatic heterocycles. The van der Waals surface area contributed by atoms with Gasteiger partial charge in [-0.25, -0.2) is 14.3 Å². The van der Waals surface area contributed by atoms with Crippen LogP contribution in [0.15, 0.2) is 24.7 Å². The molecule has 3 amide bonds. The monoisotopic (exact) mass is 360 g/mol. The summed E-state index contributed by atoms with van der Waals surface area (Å²) in [6.45, 7) is 1.13. The van der Waals surface area contributed by atoms with Crippen LogP contribution in [0.4, 0.5) is 4.79 Å². The average Bonchev–Trinajstić information content (AvgIpc) is 2.96. The number of nitrogens with one attached hydrogen (secondary N) is 1. The second kappa shape index (κ2) is 7.28. The number of hydrogen-bond acceptors (Lipinski definition) is 5. The fourth-order valence-electron chi connectivity index (χ4n) is 3.11. The van der Waals surface area contributed by atoms with Crippen LogP contribution in [0.1, 0.15) is 29.6 Å². The van der Waals surface area contributed by atoms with Gasteiger partial charge in [0.2, 0.25) is 0 Å². The van der Waals surface area contributed by atoms with Crippen molar-refractivity contribution < 1.29 is 14.7 Å². The lowest BCUT2D eigenvalue weighted by atomic mass is 9.95. The molecule has 3 heterocycles. The number of nitrogens with zero attached hydrogens (tertiary/aromatic N) is 5. The number of amides is 3. The normalized spacial score (nSPS) is 20.7. The Hall–Kier alpha value is -2.68. The van der Waals surface area contributed by atoms with Gasteiger partial charge in [-0.3, -0.25) is 4.79 Å². The van der Waals surface area contributed by atoms with Crippen molar-refractivity contribution in [3.05, 3.63) is 30.2 Å². The number of rotatable bonds is 3. The van der Waals surface area contributed by atoms with Crippen LogP contribution in [0, 0.1) is 0 Å². The molecule has 2 aromatic rings. The third kappa shape index (κ3) is 3.77. The van der Waals surface area contributed by atoms with Gasteiger partial charge in [0.15, 0.2) is 5.65 Å². The van der Waals surface area contributed by atoms with Crippen LogP contribution in [-0.2, 0) is 0 Å². The van der Waals surface area contributed by atoms with E-state index in [9.17, 15) is 14.7 Å². The molecule has 0 aliphatic carbocycles. The largest absolute Gasteiger partial charge is 0.388 e. The van der Waals surface area contributed by atoms with Crippen LogP contribution in [-0.4, -0.2) is 80.8 Å². The highest BCUT2D eigenvalue weighted by molar-refractivity contribution is 5.99. The fourth-order valence-corrected chi connectivity index (χ4v) is 3.11. The molecule has 1 fully saturated rings. The van der Waals surface area contributed by atoms with E-state index in [4.69, 9.17) is 0 Å². The summed E-state index contributed by atoms with van der Waals surface area (Å²) in [6, 6.07) is 1.51.